The van der Waals surface area contributed by atoms with Crippen LogP contribution in [0, 0.1) is 18.7 Å². The zero-order valence-corrected chi connectivity index (χ0v) is 17.0. The molecule has 0 aliphatic heterocycles. The minimum absolute atomic E-state index is 0.120. The number of aryl methyl sites for hydroxylation is 1. The summed E-state index contributed by atoms with van der Waals surface area (Å²) >= 11 is 0. The molecule has 30 heavy (non-hydrogen) atoms. The molecule has 1 heterocycles. The molecule has 2 aromatic carbocycles. The van der Waals surface area contributed by atoms with Crippen LogP contribution in [0.4, 0.5) is 30.4 Å². The van der Waals surface area contributed by atoms with Gasteiger partial charge in [-0.15, -0.1) is 6.26 Å². The maximum atomic E-state index is 13.7. The number of nitrogens with zero attached hydrogens (tertiary/aromatic N) is 3. The molecule has 1 N–H and O–H groups in total. The molecule has 1 unspecified atom stereocenters. The molecule has 0 amide bonds. The van der Waals surface area contributed by atoms with Crippen LogP contribution in [0.1, 0.15) is 12.0 Å². The Bertz CT molecular complexity index is 1210. The molecule has 0 radical (unpaired) electrons. The van der Waals surface area contributed by atoms with Gasteiger partial charge in [-0.1, -0.05) is 0 Å². The SMILES string of the molecule is Cc1cc(N=[S-](C)=O)cc2ncnc(Nc3ccc(F)cc3OCC3CC3(F)F)c12. The van der Waals surface area contributed by atoms with Gasteiger partial charge in [-0.25, -0.2) is 23.1 Å². The second-order valence-corrected chi connectivity index (χ2v) is 8.16. The number of rotatable bonds is 6. The summed E-state index contributed by atoms with van der Waals surface area (Å²) in [5.41, 5.74) is 2.30. The fraction of sp³-hybridized carbons (Fsp3) is 0.300. The smallest absolute Gasteiger partial charge is 0.255 e. The Morgan fingerprint density at radius 2 is 2.07 bits per heavy atom. The van der Waals surface area contributed by atoms with Crippen LogP contribution in [0.3, 0.4) is 0 Å². The van der Waals surface area contributed by atoms with Crippen molar-refractivity contribution in [2.24, 2.45) is 10.3 Å². The quantitative estimate of drug-likeness (QED) is 0.534. The van der Waals surface area contributed by atoms with E-state index in [4.69, 9.17) is 4.74 Å². The number of ether oxygens (including phenoxy) is 1. The normalized spacial score (nSPS) is 18.4. The van der Waals surface area contributed by atoms with Crippen LogP contribution in [0.2, 0.25) is 0 Å². The Hall–Kier alpha value is -2.88. The summed E-state index contributed by atoms with van der Waals surface area (Å²) in [6.07, 6.45) is 2.60. The molecule has 1 saturated carbocycles. The second-order valence-electron chi connectivity index (χ2n) is 7.13. The first-order valence-electron chi connectivity index (χ1n) is 9.11. The van der Waals surface area contributed by atoms with Crippen LogP contribution >= 0.6 is 0 Å². The fourth-order valence-corrected chi connectivity index (χ4v) is 3.56. The summed E-state index contributed by atoms with van der Waals surface area (Å²) in [5.74, 6) is -3.56. The van der Waals surface area contributed by atoms with Crippen LogP contribution in [0.25, 0.3) is 10.9 Å². The van der Waals surface area contributed by atoms with Gasteiger partial charge in [0.05, 0.1) is 23.7 Å². The highest BCUT2D eigenvalue weighted by molar-refractivity contribution is 7.74. The molecule has 1 aliphatic rings. The predicted octanol–water partition coefficient (Wildman–Crippen LogP) is 5.26. The zero-order chi connectivity index (χ0) is 21.5. The molecule has 1 aliphatic carbocycles. The molecular weight excluding hydrogens is 417 g/mol. The van der Waals surface area contributed by atoms with Gasteiger partial charge in [0.1, 0.15) is 23.7 Å². The molecule has 1 fully saturated rings. The Morgan fingerprint density at radius 1 is 1.30 bits per heavy atom. The third-order valence-electron chi connectivity index (χ3n) is 4.75. The van der Waals surface area contributed by atoms with Crippen LogP contribution < -0.4 is 10.1 Å². The van der Waals surface area contributed by atoms with Crippen molar-refractivity contribution in [3.63, 3.8) is 0 Å². The van der Waals surface area contributed by atoms with E-state index < -0.39 is 28.3 Å². The standard InChI is InChI=1S/C20H18F3N4O2S/c1-11-5-14(27-30(2)28)7-16-18(11)19(25-10-24-16)26-15-4-3-13(21)6-17(15)29-9-12-8-20(12,22)23/h3-7,10,12H,8-9H2,1-2H3,(H,24,25,26)/q-1. The Labute approximate surface area is 172 Å². The van der Waals surface area contributed by atoms with Gasteiger partial charge in [0.25, 0.3) is 5.92 Å². The van der Waals surface area contributed by atoms with E-state index in [0.29, 0.717) is 28.1 Å². The first-order chi connectivity index (χ1) is 14.2. The summed E-state index contributed by atoms with van der Waals surface area (Å²) in [6.45, 7) is 1.64. The van der Waals surface area contributed by atoms with Gasteiger partial charge in [-0.05, 0) is 36.8 Å². The average molecular weight is 435 g/mol. The molecule has 10 heteroatoms. The van der Waals surface area contributed by atoms with Crippen LogP contribution in [-0.4, -0.2) is 28.8 Å². The summed E-state index contributed by atoms with van der Waals surface area (Å²) in [7, 11) is -1.36. The second kappa shape index (κ2) is 7.75. The molecule has 4 rings (SSSR count). The van der Waals surface area contributed by atoms with E-state index in [9.17, 15) is 17.4 Å². The number of alkyl halides is 2. The zero-order valence-electron chi connectivity index (χ0n) is 16.2. The van der Waals surface area contributed by atoms with Crippen LogP contribution in [-0.2, 0) is 14.8 Å². The lowest BCUT2D eigenvalue weighted by molar-refractivity contribution is 0.0856. The molecule has 1 aromatic heterocycles. The lowest BCUT2D eigenvalue weighted by atomic mass is 10.1. The summed E-state index contributed by atoms with van der Waals surface area (Å²) in [6, 6.07) is 7.30. The lowest BCUT2D eigenvalue weighted by Gasteiger charge is -2.15. The fourth-order valence-electron chi connectivity index (χ4n) is 3.16. The third-order valence-corrected chi connectivity index (χ3v) is 5.21. The Kier molecular flexibility index (Phi) is 5.27. The van der Waals surface area contributed by atoms with Crippen molar-refractivity contribution in [1.29, 1.82) is 0 Å². The van der Waals surface area contributed by atoms with Crippen molar-refractivity contribution < 1.29 is 22.1 Å². The third kappa shape index (κ3) is 4.33. The van der Waals surface area contributed by atoms with Gasteiger partial charge in [0.15, 0.2) is 0 Å². The molecule has 0 spiro atoms. The van der Waals surface area contributed by atoms with E-state index >= 15 is 0 Å². The van der Waals surface area contributed by atoms with Gasteiger partial charge < -0.3 is 18.6 Å². The minimum Gasteiger partial charge on any atom is -0.491 e. The van der Waals surface area contributed by atoms with Crippen molar-refractivity contribution in [2.45, 2.75) is 19.3 Å². The van der Waals surface area contributed by atoms with Crippen molar-refractivity contribution >= 4 is 38.7 Å². The molecule has 0 bridgehead atoms. The number of nitrogens with one attached hydrogen (secondary N) is 1. The molecule has 0 saturated heterocycles. The number of aromatic nitrogens is 2. The van der Waals surface area contributed by atoms with Crippen LogP contribution in [0.5, 0.6) is 5.75 Å². The van der Waals surface area contributed by atoms with E-state index in [2.05, 4.69) is 19.6 Å². The van der Waals surface area contributed by atoms with E-state index in [1.54, 1.807) is 12.1 Å². The molecular formula is C20H18F3N4O2S-. The number of fused-ring (bicyclic) bond motifs is 1. The average Bonchev–Trinajstić information content (AvgIpc) is 3.27. The highest BCUT2D eigenvalue weighted by Crippen LogP contribution is 2.49. The number of anilines is 2. The van der Waals surface area contributed by atoms with E-state index in [0.717, 1.165) is 11.6 Å². The highest BCUT2D eigenvalue weighted by atomic mass is 32.2. The van der Waals surface area contributed by atoms with Crippen molar-refractivity contribution in [1.82, 2.24) is 9.97 Å². The van der Waals surface area contributed by atoms with Crippen LogP contribution in [0.15, 0.2) is 41.0 Å². The van der Waals surface area contributed by atoms with Gasteiger partial charge >= 0.3 is 0 Å². The molecule has 158 valence electrons. The number of hydrogen-bond acceptors (Lipinski definition) is 7. The largest absolute Gasteiger partial charge is 0.491 e. The monoisotopic (exact) mass is 435 g/mol. The van der Waals surface area contributed by atoms with Gasteiger partial charge in [-0.3, -0.25) is 0 Å². The van der Waals surface area contributed by atoms with Gasteiger partial charge in [0, 0.05) is 23.6 Å². The Balaban J connectivity index is 1.67. The molecule has 6 nitrogen and oxygen atoms in total. The summed E-state index contributed by atoms with van der Waals surface area (Å²) in [5, 5.41) is 3.78. The first-order valence-corrected chi connectivity index (χ1v) is 10.6. The maximum absolute atomic E-state index is 13.7. The number of hydrogen-bond donors (Lipinski definition) is 1. The highest BCUT2D eigenvalue weighted by Gasteiger charge is 2.57. The molecule has 1 atom stereocenters. The van der Waals surface area contributed by atoms with Crippen molar-refractivity contribution in [3.8, 4) is 5.75 Å². The van der Waals surface area contributed by atoms with Crippen molar-refractivity contribution in [3.05, 3.63) is 48.0 Å². The number of halogens is 3. The number of benzene rings is 2. The van der Waals surface area contributed by atoms with E-state index in [-0.39, 0.29) is 18.8 Å². The maximum Gasteiger partial charge on any atom is 0.255 e. The first kappa shape index (κ1) is 20.4. The predicted molar refractivity (Wildman–Crippen MR) is 109 cm³/mol. The van der Waals surface area contributed by atoms with E-state index in [1.807, 2.05) is 6.92 Å². The van der Waals surface area contributed by atoms with E-state index in [1.165, 1.54) is 24.7 Å². The van der Waals surface area contributed by atoms with Gasteiger partial charge in [0.2, 0.25) is 0 Å². The topological polar surface area (TPSA) is 76.5 Å². The van der Waals surface area contributed by atoms with Gasteiger partial charge in [-0.2, -0.15) is 10.6 Å². The minimum atomic E-state index is -2.72. The summed E-state index contributed by atoms with van der Waals surface area (Å²) in [4.78, 5) is 8.51. The Morgan fingerprint density at radius 3 is 2.77 bits per heavy atom. The van der Waals surface area contributed by atoms with Crippen molar-refractivity contribution in [2.75, 3.05) is 18.2 Å². The summed E-state index contributed by atoms with van der Waals surface area (Å²) < 4.78 is 60.9. The lowest BCUT2D eigenvalue weighted by Crippen LogP contribution is -2.07. The molecule has 3 aromatic rings.